The van der Waals surface area contributed by atoms with Crippen molar-refractivity contribution in [3.63, 3.8) is 0 Å². The third-order valence-electron chi connectivity index (χ3n) is 2.73. The maximum atomic E-state index is 12.7. The molecule has 0 bridgehead atoms. The van der Waals surface area contributed by atoms with Crippen LogP contribution < -0.4 is 0 Å². The zero-order valence-corrected chi connectivity index (χ0v) is 11.5. The summed E-state index contributed by atoms with van der Waals surface area (Å²) in [6.45, 7) is 6.88. The monoisotopic (exact) mass is 242 g/mol. The molecule has 0 unspecified atom stereocenters. The van der Waals surface area contributed by atoms with Gasteiger partial charge in [0.2, 0.25) is 0 Å². The van der Waals surface area contributed by atoms with Gasteiger partial charge in [-0.1, -0.05) is 40.0 Å². The Balaban J connectivity index is 2.00. The molecule has 0 amide bonds. The molecule has 0 nitrogen and oxygen atoms in total. The van der Waals surface area contributed by atoms with E-state index in [1.165, 1.54) is 48.3 Å². The van der Waals surface area contributed by atoms with Crippen molar-refractivity contribution in [2.24, 2.45) is 5.41 Å². The lowest BCUT2D eigenvalue weighted by molar-refractivity contribution is 0.357. The van der Waals surface area contributed by atoms with Crippen molar-refractivity contribution >= 4 is 11.3 Å². The average molecular weight is 242 g/mol. The third kappa shape index (κ3) is 6.26. The smallest absolute Gasteiger partial charge is 0.176 e. The Labute approximate surface area is 103 Å². The molecule has 0 aliphatic carbocycles. The Bertz CT molecular complexity index is 296. The largest absolute Gasteiger partial charge is 0.195 e. The lowest BCUT2D eigenvalue weighted by atomic mass is 9.89. The van der Waals surface area contributed by atoms with Gasteiger partial charge in [-0.05, 0) is 36.8 Å². The molecule has 0 fully saturated rings. The molecule has 0 aromatic carbocycles. The minimum Gasteiger partial charge on any atom is -0.195 e. The van der Waals surface area contributed by atoms with Crippen molar-refractivity contribution < 1.29 is 4.39 Å². The molecule has 0 atom stereocenters. The van der Waals surface area contributed by atoms with Gasteiger partial charge in [0, 0.05) is 4.88 Å². The van der Waals surface area contributed by atoms with Crippen molar-refractivity contribution in [3.05, 3.63) is 22.1 Å². The predicted molar refractivity (Wildman–Crippen MR) is 70.5 cm³/mol. The standard InChI is InChI=1S/C14H23FS/c1-14(2,3)11-7-5-4-6-8-12-9-10-13(15)16-12/h9-10H,4-8,11H2,1-3H3. The van der Waals surface area contributed by atoms with Gasteiger partial charge in [-0.3, -0.25) is 0 Å². The van der Waals surface area contributed by atoms with E-state index in [1.807, 2.05) is 6.07 Å². The number of rotatable bonds is 6. The third-order valence-corrected chi connectivity index (χ3v) is 3.66. The highest BCUT2D eigenvalue weighted by Crippen LogP contribution is 2.23. The Morgan fingerprint density at radius 2 is 1.75 bits per heavy atom. The molecule has 0 aliphatic heterocycles. The summed E-state index contributed by atoms with van der Waals surface area (Å²) in [5, 5.41) is -0.0530. The van der Waals surface area contributed by atoms with E-state index in [0.717, 1.165) is 6.42 Å². The molecule has 1 aromatic rings. The summed E-state index contributed by atoms with van der Waals surface area (Å²) in [7, 11) is 0. The summed E-state index contributed by atoms with van der Waals surface area (Å²) >= 11 is 1.29. The van der Waals surface area contributed by atoms with Gasteiger partial charge in [-0.2, -0.15) is 4.39 Å². The highest BCUT2D eigenvalue weighted by atomic mass is 32.1. The van der Waals surface area contributed by atoms with Gasteiger partial charge in [-0.25, -0.2) is 0 Å². The number of halogens is 1. The zero-order valence-electron chi connectivity index (χ0n) is 10.7. The molecule has 1 rings (SSSR count). The van der Waals surface area contributed by atoms with Gasteiger partial charge < -0.3 is 0 Å². The molecule has 92 valence electrons. The molecule has 0 saturated heterocycles. The number of thiophene rings is 1. The molecule has 0 spiro atoms. The fourth-order valence-electron chi connectivity index (χ4n) is 1.79. The normalized spacial score (nSPS) is 12.0. The number of unbranched alkanes of at least 4 members (excludes halogenated alkanes) is 3. The molecule has 1 aromatic heterocycles. The van der Waals surface area contributed by atoms with Crippen LogP contribution in [0.15, 0.2) is 12.1 Å². The minimum atomic E-state index is -0.0530. The van der Waals surface area contributed by atoms with Crippen LogP contribution in [0.3, 0.4) is 0 Å². The first-order chi connectivity index (χ1) is 7.47. The molecule has 0 saturated carbocycles. The lowest BCUT2D eigenvalue weighted by Gasteiger charge is -2.17. The van der Waals surface area contributed by atoms with E-state index in [4.69, 9.17) is 0 Å². The maximum Gasteiger partial charge on any atom is 0.176 e. The predicted octanol–water partition coefficient (Wildman–Crippen LogP) is 5.43. The minimum absolute atomic E-state index is 0.0530. The lowest BCUT2D eigenvalue weighted by Crippen LogP contribution is -2.03. The first-order valence-electron chi connectivity index (χ1n) is 6.22. The summed E-state index contributed by atoms with van der Waals surface area (Å²) in [6, 6.07) is 3.48. The van der Waals surface area contributed by atoms with Crippen LogP contribution in [-0.2, 0) is 6.42 Å². The highest BCUT2D eigenvalue weighted by molar-refractivity contribution is 7.10. The van der Waals surface area contributed by atoms with Gasteiger partial charge >= 0.3 is 0 Å². The van der Waals surface area contributed by atoms with E-state index in [9.17, 15) is 4.39 Å². The molecule has 16 heavy (non-hydrogen) atoms. The SMILES string of the molecule is CC(C)(C)CCCCCCc1ccc(F)s1. The van der Waals surface area contributed by atoms with E-state index >= 15 is 0 Å². The van der Waals surface area contributed by atoms with Crippen LogP contribution in [0.1, 0.15) is 57.8 Å². The van der Waals surface area contributed by atoms with Crippen LogP contribution in [0.2, 0.25) is 0 Å². The fourth-order valence-corrected chi connectivity index (χ4v) is 2.56. The van der Waals surface area contributed by atoms with Crippen molar-refractivity contribution in [2.45, 2.75) is 59.3 Å². The second-order valence-corrected chi connectivity index (χ2v) is 6.80. The van der Waals surface area contributed by atoms with Gasteiger partial charge in [0.25, 0.3) is 0 Å². The zero-order chi connectivity index (χ0) is 12.0. The van der Waals surface area contributed by atoms with Crippen LogP contribution in [-0.4, -0.2) is 0 Å². The summed E-state index contributed by atoms with van der Waals surface area (Å²) in [5.74, 6) is 0. The molecule has 1 heterocycles. The maximum absolute atomic E-state index is 12.7. The number of hydrogen-bond acceptors (Lipinski definition) is 1. The van der Waals surface area contributed by atoms with E-state index in [-0.39, 0.29) is 5.13 Å². The van der Waals surface area contributed by atoms with Crippen LogP contribution in [0.4, 0.5) is 4.39 Å². The molecule has 2 heteroatoms. The summed E-state index contributed by atoms with van der Waals surface area (Å²) < 4.78 is 12.7. The van der Waals surface area contributed by atoms with E-state index in [2.05, 4.69) is 20.8 Å². The van der Waals surface area contributed by atoms with Crippen molar-refractivity contribution in [1.82, 2.24) is 0 Å². The number of hydrogen-bond donors (Lipinski definition) is 0. The Kier molecular flexibility index (Phi) is 5.47. The van der Waals surface area contributed by atoms with Gasteiger partial charge in [0.1, 0.15) is 0 Å². The fraction of sp³-hybridized carbons (Fsp3) is 0.714. The molecular formula is C14H23FS. The molecular weight excluding hydrogens is 219 g/mol. The second-order valence-electron chi connectivity index (χ2n) is 5.68. The molecule has 0 N–H and O–H groups in total. The van der Waals surface area contributed by atoms with Crippen LogP contribution in [0.25, 0.3) is 0 Å². The number of aryl methyl sites for hydroxylation is 1. The quantitative estimate of drug-likeness (QED) is 0.584. The van der Waals surface area contributed by atoms with Crippen molar-refractivity contribution in [1.29, 1.82) is 0 Å². The Hall–Kier alpha value is -0.370. The molecule has 0 aliphatic rings. The molecule has 0 radical (unpaired) electrons. The first kappa shape index (κ1) is 13.7. The van der Waals surface area contributed by atoms with E-state index in [0.29, 0.717) is 5.41 Å². The second kappa shape index (κ2) is 6.39. The van der Waals surface area contributed by atoms with E-state index < -0.39 is 0 Å². The van der Waals surface area contributed by atoms with E-state index in [1.54, 1.807) is 6.07 Å². The van der Waals surface area contributed by atoms with Crippen molar-refractivity contribution in [2.75, 3.05) is 0 Å². The summed E-state index contributed by atoms with van der Waals surface area (Å²) in [6.07, 6.45) is 7.46. The summed E-state index contributed by atoms with van der Waals surface area (Å²) in [4.78, 5) is 1.19. The van der Waals surface area contributed by atoms with Crippen LogP contribution in [0.5, 0.6) is 0 Å². The van der Waals surface area contributed by atoms with Crippen LogP contribution >= 0.6 is 11.3 Å². The Morgan fingerprint density at radius 1 is 1.06 bits per heavy atom. The Morgan fingerprint density at radius 3 is 2.31 bits per heavy atom. The van der Waals surface area contributed by atoms with Gasteiger partial charge in [-0.15, -0.1) is 11.3 Å². The topological polar surface area (TPSA) is 0 Å². The van der Waals surface area contributed by atoms with Crippen LogP contribution in [0, 0.1) is 10.5 Å². The average Bonchev–Trinajstić information content (AvgIpc) is 2.56. The summed E-state index contributed by atoms with van der Waals surface area (Å²) in [5.41, 5.74) is 0.469. The highest BCUT2D eigenvalue weighted by Gasteiger charge is 2.08. The first-order valence-corrected chi connectivity index (χ1v) is 7.03. The van der Waals surface area contributed by atoms with Gasteiger partial charge in [0.15, 0.2) is 5.13 Å². The van der Waals surface area contributed by atoms with Gasteiger partial charge in [0.05, 0.1) is 0 Å². The van der Waals surface area contributed by atoms with Crippen molar-refractivity contribution in [3.8, 4) is 0 Å².